The van der Waals surface area contributed by atoms with Crippen molar-refractivity contribution in [3.8, 4) is 5.75 Å². The highest BCUT2D eigenvalue weighted by atomic mass is 32.2. The quantitative estimate of drug-likeness (QED) is 0.627. The Kier molecular flexibility index (Phi) is 7.57. The van der Waals surface area contributed by atoms with E-state index >= 15 is 0 Å². The van der Waals surface area contributed by atoms with E-state index in [4.69, 9.17) is 9.47 Å². The minimum Gasteiger partial charge on any atom is -0.497 e. The van der Waals surface area contributed by atoms with Crippen LogP contribution in [0.1, 0.15) is 6.92 Å². The lowest BCUT2D eigenvalue weighted by Gasteiger charge is -2.35. The summed E-state index contributed by atoms with van der Waals surface area (Å²) in [7, 11) is -2.46. The fourth-order valence-electron chi connectivity index (χ4n) is 3.36. The largest absolute Gasteiger partial charge is 0.497 e. The van der Waals surface area contributed by atoms with E-state index < -0.39 is 16.1 Å². The molecule has 0 atom stereocenters. The summed E-state index contributed by atoms with van der Waals surface area (Å²) in [6, 6.07) is 14.5. The van der Waals surface area contributed by atoms with Gasteiger partial charge in [0.15, 0.2) is 0 Å². The highest BCUT2D eigenvalue weighted by Gasteiger charge is 2.31. The zero-order valence-electron chi connectivity index (χ0n) is 18.1. The molecule has 3 rings (SSSR count). The van der Waals surface area contributed by atoms with Gasteiger partial charge in [0.05, 0.1) is 24.3 Å². The van der Waals surface area contributed by atoms with E-state index in [1.807, 2.05) is 0 Å². The molecule has 0 saturated carbocycles. The Bertz CT molecular complexity index is 1020. The second-order valence-electron chi connectivity index (χ2n) is 7.09. The molecule has 1 aliphatic heterocycles. The molecule has 1 heterocycles. The van der Waals surface area contributed by atoms with Gasteiger partial charge in [0.25, 0.3) is 10.0 Å². The molecule has 0 unspecified atom stereocenters. The number of ether oxygens (including phenoxy) is 2. The number of anilines is 1. The molecule has 0 radical (unpaired) electrons. The monoisotopic (exact) mass is 461 g/mol. The number of amides is 2. The van der Waals surface area contributed by atoms with Gasteiger partial charge < -0.3 is 19.3 Å². The lowest BCUT2D eigenvalue weighted by Crippen LogP contribution is -2.53. The minimum absolute atomic E-state index is 0.0933. The summed E-state index contributed by atoms with van der Waals surface area (Å²) in [5, 5.41) is 0. The Morgan fingerprint density at radius 1 is 0.938 bits per heavy atom. The van der Waals surface area contributed by atoms with Crippen LogP contribution in [0.5, 0.6) is 5.75 Å². The summed E-state index contributed by atoms with van der Waals surface area (Å²) in [6.07, 6.45) is -0.411. The molecule has 9 nitrogen and oxygen atoms in total. The molecule has 0 aliphatic carbocycles. The van der Waals surface area contributed by atoms with Gasteiger partial charge in [-0.3, -0.25) is 9.10 Å². The van der Waals surface area contributed by atoms with Gasteiger partial charge in [-0.05, 0) is 43.3 Å². The van der Waals surface area contributed by atoms with Crippen LogP contribution in [0.15, 0.2) is 59.5 Å². The molecule has 0 aromatic heterocycles. The zero-order chi connectivity index (χ0) is 23.1. The number of carbonyl (C=O) groups is 2. The molecule has 0 N–H and O–H groups in total. The van der Waals surface area contributed by atoms with Crippen LogP contribution in [0.25, 0.3) is 0 Å². The predicted octanol–water partition coefficient (Wildman–Crippen LogP) is 2.19. The average molecular weight is 462 g/mol. The molecule has 32 heavy (non-hydrogen) atoms. The fraction of sp³-hybridized carbons (Fsp3) is 0.364. The Morgan fingerprint density at radius 3 is 2.09 bits per heavy atom. The van der Waals surface area contributed by atoms with Crippen molar-refractivity contribution in [1.29, 1.82) is 0 Å². The molecule has 2 amide bonds. The number of methoxy groups -OCH3 is 1. The van der Waals surface area contributed by atoms with Crippen molar-refractivity contribution < 1.29 is 27.5 Å². The van der Waals surface area contributed by atoms with Crippen molar-refractivity contribution in [1.82, 2.24) is 9.80 Å². The highest BCUT2D eigenvalue weighted by molar-refractivity contribution is 7.92. The maximum atomic E-state index is 13.4. The van der Waals surface area contributed by atoms with Crippen LogP contribution in [0.3, 0.4) is 0 Å². The van der Waals surface area contributed by atoms with Gasteiger partial charge in [0, 0.05) is 26.2 Å². The summed E-state index contributed by atoms with van der Waals surface area (Å²) in [5.74, 6) is 0.232. The van der Waals surface area contributed by atoms with E-state index in [-0.39, 0.29) is 24.0 Å². The van der Waals surface area contributed by atoms with Crippen LogP contribution in [-0.2, 0) is 19.6 Å². The van der Waals surface area contributed by atoms with Crippen LogP contribution in [0, 0.1) is 0 Å². The van der Waals surface area contributed by atoms with E-state index in [1.54, 1.807) is 54.3 Å². The van der Waals surface area contributed by atoms with Gasteiger partial charge in [0.1, 0.15) is 12.3 Å². The predicted molar refractivity (Wildman–Crippen MR) is 119 cm³/mol. The number of benzene rings is 2. The fourth-order valence-corrected chi connectivity index (χ4v) is 4.79. The number of rotatable bonds is 7. The van der Waals surface area contributed by atoms with E-state index in [2.05, 4.69) is 0 Å². The van der Waals surface area contributed by atoms with Crippen LogP contribution < -0.4 is 9.04 Å². The zero-order valence-corrected chi connectivity index (χ0v) is 19.0. The normalized spacial score (nSPS) is 14.1. The first-order valence-corrected chi connectivity index (χ1v) is 11.7. The highest BCUT2D eigenvalue weighted by Crippen LogP contribution is 2.26. The Balaban J connectivity index is 1.80. The molecule has 172 valence electrons. The molecule has 0 bridgehead atoms. The molecule has 2 aromatic rings. The van der Waals surface area contributed by atoms with Gasteiger partial charge in [0.2, 0.25) is 5.91 Å². The van der Waals surface area contributed by atoms with Gasteiger partial charge in [-0.25, -0.2) is 13.2 Å². The van der Waals surface area contributed by atoms with Gasteiger partial charge >= 0.3 is 6.09 Å². The van der Waals surface area contributed by atoms with Crippen molar-refractivity contribution in [3.05, 3.63) is 54.6 Å². The van der Waals surface area contributed by atoms with Crippen molar-refractivity contribution in [2.75, 3.05) is 50.7 Å². The third kappa shape index (κ3) is 5.31. The van der Waals surface area contributed by atoms with E-state index in [1.165, 1.54) is 24.1 Å². The summed E-state index contributed by atoms with van der Waals surface area (Å²) < 4.78 is 38.0. The molecule has 1 saturated heterocycles. The minimum atomic E-state index is -3.98. The maximum Gasteiger partial charge on any atom is 0.409 e. The van der Waals surface area contributed by atoms with E-state index in [0.29, 0.717) is 37.6 Å². The maximum absolute atomic E-state index is 13.4. The number of nitrogens with zero attached hydrogens (tertiary/aromatic N) is 3. The summed E-state index contributed by atoms with van der Waals surface area (Å²) in [4.78, 5) is 28.1. The smallest absolute Gasteiger partial charge is 0.409 e. The third-order valence-electron chi connectivity index (χ3n) is 5.13. The Labute approximate surface area is 188 Å². The second kappa shape index (κ2) is 10.4. The summed E-state index contributed by atoms with van der Waals surface area (Å²) >= 11 is 0. The van der Waals surface area contributed by atoms with Crippen molar-refractivity contribution in [2.24, 2.45) is 0 Å². The van der Waals surface area contributed by atoms with Crippen molar-refractivity contribution in [3.63, 3.8) is 0 Å². The average Bonchev–Trinajstić information content (AvgIpc) is 2.83. The van der Waals surface area contributed by atoms with Gasteiger partial charge in [-0.1, -0.05) is 18.2 Å². The van der Waals surface area contributed by atoms with Gasteiger partial charge in [-0.15, -0.1) is 0 Å². The van der Waals surface area contributed by atoms with Gasteiger partial charge in [-0.2, -0.15) is 0 Å². The number of piperazine rings is 1. The standard InChI is InChI=1S/C22H27N3O6S/c1-3-31-22(27)24-15-13-23(14-16-24)21(26)17-25(18-9-11-19(30-2)12-10-18)32(28,29)20-7-5-4-6-8-20/h4-12H,3,13-17H2,1-2H3. The number of carbonyl (C=O) groups excluding carboxylic acids is 2. The molecule has 1 aliphatic rings. The number of hydrogen-bond donors (Lipinski definition) is 0. The molecule has 2 aromatic carbocycles. The first kappa shape index (κ1) is 23.4. The SMILES string of the molecule is CCOC(=O)N1CCN(C(=O)CN(c2ccc(OC)cc2)S(=O)(=O)c2ccccc2)CC1. The lowest BCUT2D eigenvalue weighted by molar-refractivity contribution is -0.131. The molecular weight excluding hydrogens is 434 g/mol. The molecule has 0 spiro atoms. The van der Waals surface area contributed by atoms with Crippen LogP contribution >= 0.6 is 0 Å². The first-order chi connectivity index (χ1) is 15.4. The lowest BCUT2D eigenvalue weighted by atomic mass is 10.3. The molecular formula is C22H27N3O6S. The topological polar surface area (TPSA) is 96.5 Å². The number of sulfonamides is 1. The summed E-state index contributed by atoms with van der Waals surface area (Å²) in [6.45, 7) is 2.93. The van der Waals surface area contributed by atoms with E-state index in [0.717, 1.165) is 4.31 Å². The van der Waals surface area contributed by atoms with E-state index in [9.17, 15) is 18.0 Å². The van der Waals surface area contributed by atoms with Crippen molar-refractivity contribution in [2.45, 2.75) is 11.8 Å². The van der Waals surface area contributed by atoms with Crippen LogP contribution in [0.2, 0.25) is 0 Å². The van der Waals surface area contributed by atoms with Crippen molar-refractivity contribution >= 4 is 27.7 Å². The summed E-state index contributed by atoms with van der Waals surface area (Å²) in [5.41, 5.74) is 0.355. The van der Waals surface area contributed by atoms with Crippen LogP contribution in [0.4, 0.5) is 10.5 Å². The Hall–Kier alpha value is -3.27. The second-order valence-corrected chi connectivity index (χ2v) is 8.95. The Morgan fingerprint density at radius 2 is 1.53 bits per heavy atom. The first-order valence-electron chi connectivity index (χ1n) is 10.3. The third-order valence-corrected chi connectivity index (χ3v) is 6.92. The molecule has 1 fully saturated rings. The molecule has 10 heteroatoms. The number of hydrogen-bond acceptors (Lipinski definition) is 6. The van der Waals surface area contributed by atoms with Crippen LogP contribution in [-0.4, -0.2) is 76.7 Å².